The Morgan fingerprint density at radius 2 is 2.10 bits per heavy atom. The van der Waals surface area contributed by atoms with Gasteiger partial charge in [0, 0.05) is 28.4 Å². The van der Waals surface area contributed by atoms with Gasteiger partial charge in [0.2, 0.25) is 0 Å². The van der Waals surface area contributed by atoms with E-state index < -0.39 is 0 Å². The SMILES string of the molecule is COc1cc(C)nc(COc2cccc(Cl)c2CCN)c1. The Balaban J connectivity index is 2.16. The third-order valence-corrected chi connectivity index (χ3v) is 3.42. The first-order chi connectivity index (χ1) is 10.1. The minimum atomic E-state index is 0.357. The predicted octanol–water partition coefficient (Wildman–Crippen LogP) is 3.13. The van der Waals surface area contributed by atoms with Crippen molar-refractivity contribution < 1.29 is 9.47 Å². The maximum absolute atomic E-state index is 6.19. The van der Waals surface area contributed by atoms with E-state index >= 15 is 0 Å². The van der Waals surface area contributed by atoms with E-state index in [1.807, 2.05) is 37.3 Å². The summed E-state index contributed by atoms with van der Waals surface area (Å²) in [5.41, 5.74) is 8.25. The molecule has 1 aromatic carbocycles. The van der Waals surface area contributed by atoms with Crippen molar-refractivity contribution in [3.8, 4) is 11.5 Å². The van der Waals surface area contributed by atoms with Crippen LogP contribution in [0.15, 0.2) is 30.3 Å². The van der Waals surface area contributed by atoms with Gasteiger partial charge in [-0.15, -0.1) is 0 Å². The van der Waals surface area contributed by atoms with E-state index in [1.54, 1.807) is 7.11 Å². The van der Waals surface area contributed by atoms with E-state index in [1.165, 1.54) is 0 Å². The van der Waals surface area contributed by atoms with Crippen LogP contribution in [0.1, 0.15) is 17.0 Å². The molecule has 0 atom stereocenters. The number of methoxy groups -OCH3 is 1. The Morgan fingerprint density at radius 1 is 1.29 bits per heavy atom. The van der Waals surface area contributed by atoms with E-state index in [0.717, 1.165) is 28.5 Å². The molecule has 2 aromatic rings. The zero-order valence-electron chi connectivity index (χ0n) is 12.2. The lowest BCUT2D eigenvalue weighted by Crippen LogP contribution is -2.07. The molecule has 0 radical (unpaired) electrons. The van der Waals surface area contributed by atoms with Crippen LogP contribution in [0.2, 0.25) is 5.02 Å². The van der Waals surface area contributed by atoms with E-state index in [4.69, 9.17) is 26.8 Å². The molecule has 0 saturated heterocycles. The fraction of sp³-hybridized carbons (Fsp3) is 0.312. The standard InChI is InChI=1S/C16H19ClN2O2/c1-11-8-13(20-2)9-12(19-11)10-21-16-5-3-4-15(17)14(16)6-7-18/h3-5,8-9H,6-7,10,18H2,1-2H3. The number of nitrogens with two attached hydrogens (primary N) is 1. The van der Waals surface area contributed by atoms with Gasteiger partial charge in [0.05, 0.1) is 12.8 Å². The van der Waals surface area contributed by atoms with Gasteiger partial charge in [-0.25, -0.2) is 0 Å². The summed E-state index contributed by atoms with van der Waals surface area (Å²) < 4.78 is 11.1. The van der Waals surface area contributed by atoms with Gasteiger partial charge in [0.25, 0.3) is 0 Å². The van der Waals surface area contributed by atoms with Gasteiger partial charge in [-0.2, -0.15) is 0 Å². The molecule has 1 heterocycles. The first-order valence-corrected chi connectivity index (χ1v) is 7.13. The minimum absolute atomic E-state index is 0.357. The number of rotatable bonds is 6. The summed E-state index contributed by atoms with van der Waals surface area (Å²) in [4.78, 5) is 4.43. The molecule has 2 rings (SSSR count). The number of ether oxygens (including phenoxy) is 2. The molecule has 1 aromatic heterocycles. The van der Waals surface area contributed by atoms with Gasteiger partial charge in [0.1, 0.15) is 18.1 Å². The number of pyridine rings is 1. The third-order valence-electron chi connectivity index (χ3n) is 3.06. The lowest BCUT2D eigenvalue weighted by Gasteiger charge is -2.13. The van der Waals surface area contributed by atoms with Crippen LogP contribution in [-0.2, 0) is 13.0 Å². The molecule has 0 aliphatic carbocycles. The predicted molar refractivity (Wildman–Crippen MR) is 84.1 cm³/mol. The molecule has 0 amide bonds. The summed E-state index contributed by atoms with van der Waals surface area (Å²) in [6.45, 7) is 2.80. The molecule has 0 unspecified atom stereocenters. The van der Waals surface area contributed by atoms with Gasteiger partial charge in [-0.1, -0.05) is 17.7 Å². The number of benzene rings is 1. The molecule has 4 nitrogen and oxygen atoms in total. The molecule has 0 fully saturated rings. The summed E-state index contributed by atoms with van der Waals surface area (Å²) in [6.07, 6.45) is 0.680. The number of halogens is 1. The molecule has 0 aliphatic rings. The molecule has 0 spiro atoms. The van der Waals surface area contributed by atoms with Gasteiger partial charge in [-0.3, -0.25) is 4.98 Å². The molecule has 112 valence electrons. The Bertz CT molecular complexity index is 617. The summed E-state index contributed by atoms with van der Waals surface area (Å²) >= 11 is 6.19. The van der Waals surface area contributed by atoms with E-state index in [0.29, 0.717) is 24.6 Å². The topological polar surface area (TPSA) is 57.4 Å². The Labute approximate surface area is 129 Å². The molecule has 0 bridgehead atoms. The summed E-state index contributed by atoms with van der Waals surface area (Å²) in [6, 6.07) is 9.34. The molecule has 0 saturated carbocycles. The van der Waals surface area contributed by atoms with E-state index in [2.05, 4.69) is 4.98 Å². The molecule has 0 aliphatic heterocycles. The first kappa shape index (κ1) is 15.6. The van der Waals surface area contributed by atoms with Crippen LogP contribution in [0.4, 0.5) is 0 Å². The van der Waals surface area contributed by atoms with Crippen molar-refractivity contribution in [2.45, 2.75) is 20.0 Å². The number of hydrogen-bond donors (Lipinski definition) is 1. The largest absolute Gasteiger partial charge is 0.497 e. The van der Waals surface area contributed by atoms with E-state index in [9.17, 15) is 0 Å². The van der Waals surface area contributed by atoms with Crippen molar-refractivity contribution in [1.82, 2.24) is 4.98 Å². The van der Waals surface area contributed by atoms with Crippen LogP contribution in [0.3, 0.4) is 0 Å². The molecule has 5 heteroatoms. The van der Waals surface area contributed by atoms with Gasteiger partial charge in [-0.05, 0) is 32.0 Å². The normalized spacial score (nSPS) is 10.5. The van der Waals surface area contributed by atoms with Crippen LogP contribution in [0.5, 0.6) is 11.5 Å². The van der Waals surface area contributed by atoms with Gasteiger partial charge >= 0.3 is 0 Å². The summed E-state index contributed by atoms with van der Waals surface area (Å²) in [5.74, 6) is 1.52. The maximum Gasteiger partial charge on any atom is 0.130 e. The second-order valence-corrected chi connectivity index (χ2v) is 5.09. The van der Waals surface area contributed by atoms with Crippen LogP contribution >= 0.6 is 11.6 Å². The Kier molecular flexibility index (Phi) is 5.42. The maximum atomic E-state index is 6.19. The average molecular weight is 307 g/mol. The fourth-order valence-electron chi connectivity index (χ4n) is 2.11. The minimum Gasteiger partial charge on any atom is -0.497 e. The highest BCUT2D eigenvalue weighted by atomic mass is 35.5. The highest BCUT2D eigenvalue weighted by molar-refractivity contribution is 6.31. The van der Waals surface area contributed by atoms with Crippen molar-refractivity contribution in [3.63, 3.8) is 0 Å². The lowest BCUT2D eigenvalue weighted by molar-refractivity contribution is 0.297. The van der Waals surface area contributed by atoms with Crippen molar-refractivity contribution in [2.24, 2.45) is 5.73 Å². The second kappa shape index (κ2) is 7.29. The van der Waals surface area contributed by atoms with Crippen LogP contribution in [0, 0.1) is 6.92 Å². The van der Waals surface area contributed by atoms with Crippen LogP contribution < -0.4 is 15.2 Å². The van der Waals surface area contributed by atoms with Gasteiger partial charge < -0.3 is 15.2 Å². The number of aryl methyl sites for hydroxylation is 1. The second-order valence-electron chi connectivity index (χ2n) is 4.68. The first-order valence-electron chi connectivity index (χ1n) is 6.76. The Morgan fingerprint density at radius 3 is 2.81 bits per heavy atom. The number of hydrogen-bond acceptors (Lipinski definition) is 4. The summed E-state index contributed by atoms with van der Waals surface area (Å²) in [7, 11) is 1.63. The third kappa shape index (κ3) is 4.09. The van der Waals surface area contributed by atoms with Crippen LogP contribution in [-0.4, -0.2) is 18.6 Å². The van der Waals surface area contributed by atoms with Crippen molar-refractivity contribution in [3.05, 3.63) is 52.3 Å². The quantitative estimate of drug-likeness (QED) is 0.891. The molecule has 21 heavy (non-hydrogen) atoms. The van der Waals surface area contributed by atoms with Crippen molar-refractivity contribution in [1.29, 1.82) is 0 Å². The van der Waals surface area contributed by atoms with Crippen LogP contribution in [0.25, 0.3) is 0 Å². The zero-order chi connectivity index (χ0) is 15.2. The monoisotopic (exact) mass is 306 g/mol. The van der Waals surface area contributed by atoms with Crippen molar-refractivity contribution >= 4 is 11.6 Å². The van der Waals surface area contributed by atoms with Crippen molar-refractivity contribution in [2.75, 3.05) is 13.7 Å². The highest BCUT2D eigenvalue weighted by Gasteiger charge is 2.09. The molecule has 2 N–H and O–H groups in total. The molecular weight excluding hydrogens is 288 g/mol. The zero-order valence-corrected chi connectivity index (χ0v) is 13.0. The molecular formula is C16H19ClN2O2. The van der Waals surface area contributed by atoms with Gasteiger partial charge in [0.15, 0.2) is 0 Å². The smallest absolute Gasteiger partial charge is 0.130 e. The number of aromatic nitrogens is 1. The summed E-state index contributed by atoms with van der Waals surface area (Å²) in [5, 5.41) is 0.674. The van der Waals surface area contributed by atoms with E-state index in [-0.39, 0.29) is 0 Å². The Hall–Kier alpha value is -1.78. The number of nitrogens with zero attached hydrogens (tertiary/aromatic N) is 1. The fourth-order valence-corrected chi connectivity index (χ4v) is 2.37. The lowest BCUT2D eigenvalue weighted by atomic mass is 10.1. The average Bonchev–Trinajstić information content (AvgIpc) is 2.47. The highest BCUT2D eigenvalue weighted by Crippen LogP contribution is 2.27.